The van der Waals surface area contributed by atoms with Crippen LogP contribution >= 0.6 is 0 Å². The number of rotatable bonds is 6. The van der Waals surface area contributed by atoms with Crippen LogP contribution in [0.5, 0.6) is 0 Å². The molecule has 0 spiro atoms. The molecule has 0 saturated carbocycles. The molecule has 2 aromatic carbocycles. The van der Waals surface area contributed by atoms with Gasteiger partial charge in [-0.05, 0) is 24.6 Å². The molecule has 0 radical (unpaired) electrons. The van der Waals surface area contributed by atoms with Crippen LogP contribution in [0.3, 0.4) is 0 Å². The molecule has 0 bridgehead atoms. The van der Waals surface area contributed by atoms with Crippen molar-refractivity contribution < 1.29 is 32.7 Å². The summed E-state index contributed by atoms with van der Waals surface area (Å²) in [5.41, 5.74) is 0.982. The highest BCUT2D eigenvalue weighted by molar-refractivity contribution is 6.11. The zero-order valence-corrected chi connectivity index (χ0v) is 16.0. The predicted molar refractivity (Wildman–Crippen MR) is 100 cm³/mol. The lowest BCUT2D eigenvalue weighted by Crippen LogP contribution is -2.45. The van der Waals surface area contributed by atoms with Crippen molar-refractivity contribution in [2.45, 2.75) is 19.4 Å². The number of benzene rings is 2. The van der Waals surface area contributed by atoms with Gasteiger partial charge in [0.15, 0.2) is 6.61 Å². The van der Waals surface area contributed by atoms with Gasteiger partial charge in [-0.2, -0.15) is 0 Å². The van der Waals surface area contributed by atoms with Crippen LogP contribution in [-0.4, -0.2) is 41.7 Å². The smallest absolute Gasteiger partial charge is 0.326 e. The standard InChI is InChI=1S/C21H18F2N2O5/c1-12(15-7-6-14(22)9-17(15)23)24-18(26)11-30-20(28)10-25-19(27)8-13-4-2-3-5-16(13)21(25)29/h2-7,9,12H,8,10-11H2,1H3,(H,24,26)/t12-/m0/s1. The molecule has 3 rings (SSSR count). The summed E-state index contributed by atoms with van der Waals surface area (Å²) in [6.45, 7) is 0.179. The summed E-state index contributed by atoms with van der Waals surface area (Å²) < 4.78 is 31.6. The molecular formula is C21H18F2N2O5. The van der Waals surface area contributed by atoms with Crippen LogP contribution in [-0.2, 0) is 25.5 Å². The zero-order valence-electron chi connectivity index (χ0n) is 16.0. The molecule has 0 saturated heterocycles. The third-order valence-electron chi connectivity index (χ3n) is 4.59. The highest BCUT2D eigenvalue weighted by Gasteiger charge is 2.32. The molecule has 0 aromatic heterocycles. The number of carbonyl (C=O) groups is 4. The Morgan fingerprint density at radius 1 is 1.17 bits per heavy atom. The average Bonchev–Trinajstić information content (AvgIpc) is 2.69. The van der Waals surface area contributed by atoms with E-state index in [0.717, 1.165) is 11.0 Å². The van der Waals surface area contributed by atoms with Gasteiger partial charge in [-0.1, -0.05) is 24.3 Å². The molecular weight excluding hydrogens is 398 g/mol. The first kappa shape index (κ1) is 21.1. The summed E-state index contributed by atoms with van der Waals surface area (Å²) in [7, 11) is 0. The minimum Gasteiger partial charge on any atom is -0.454 e. The van der Waals surface area contributed by atoms with Crippen molar-refractivity contribution in [1.82, 2.24) is 10.2 Å². The third-order valence-corrected chi connectivity index (χ3v) is 4.59. The molecule has 156 valence electrons. The fraction of sp³-hybridized carbons (Fsp3) is 0.238. The number of nitrogens with one attached hydrogen (secondary N) is 1. The molecule has 0 aliphatic carbocycles. The number of hydrogen-bond acceptors (Lipinski definition) is 5. The van der Waals surface area contributed by atoms with E-state index in [1.807, 2.05) is 0 Å². The average molecular weight is 416 g/mol. The van der Waals surface area contributed by atoms with Crippen LogP contribution in [0.25, 0.3) is 0 Å². The van der Waals surface area contributed by atoms with Gasteiger partial charge in [-0.3, -0.25) is 24.1 Å². The first-order chi connectivity index (χ1) is 14.3. The highest BCUT2D eigenvalue weighted by Crippen LogP contribution is 2.20. The number of esters is 1. The summed E-state index contributed by atoms with van der Waals surface area (Å²) in [6, 6.07) is 8.75. The van der Waals surface area contributed by atoms with E-state index in [-0.39, 0.29) is 12.0 Å². The quantitative estimate of drug-likeness (QED) is 0.574. The lowest BCUT2D eigenvalue weighted by Gasteiger charge is -2.25. The molecule has 7 nitrogen and oxygen atoms in total. The van der Waals surface area contributed by atoms with E-state index in [2.05, 4.69) is 5.32 Å². The Morgan fingerprint density at radius 3 is 2.63 bits per heavy atom. The van der Waals surface area contributed by atoms with Gasteiger partial charge in [-0.25, -0.2) is 8.78 Å². The summed E-state index contributed by atoms with van der Waals surface area (Å²) in [5, 5.41) is 2.42. The van der Waals surface area contributed by atoms with Crippen LogP contribution in [0, 0.1) is 11.6 Å². The van der Waals surface area contributed by atoms with Gasteiger partial charge < -0.3 is 10.1 Å². The van der Waals surface area contributed by atoms with Gasteiger partial charge in [0.25, 0.3) is 11.8 Å². The molecule has 1 heterocycles. The van der Waals surface area contributed by atoms with Crippen molar-refractivity contribution in [3.8, 4) is 0 Å². The van der Waals surface area contributed by atoms with Gasteiger partial charge in [0.05, 0.1) is 12.5 Å². The molecule has 0 fully saturated rings. The van der Waals surface area contributed by atoms with Crippen molar-refractivity contribution in [1.29, 1.82) is 0 Å². The maximum atomic E-state index is 13.8. The van der Waals surface area contributed by atoms with Crippen LogP contribution in [0.4, 0.5) is 8.78 Å². The maximum Gasteiger partial charge on any atom is 0.326 e. The Balaban J connectivity index is 1.52. The lowest BCUT2D eigenvalue weighted by atomic mass is 9.98. The summed E-state index contributed by atoms with van der Waals surface area (Å²) in [4.78, 5) is 49.3. The molecule has 1 aliphatic rings. The maximum absolute atomic E-state index is 13.8. The Morgan fingerprint density at radius 2 is 1.90 bits per heavy atom. The van der Waals surface area contributed by atoms with Crippen LogP contribution in [0.2, 0.25) is 0 Å². The second-order valence-electron chi connectivity index (χ2n) is 6.73. The number of imide groups is 1. The van der Waals surface area contributed by atoms with Crippen LogP contribution < -0.4 is 5.32 Å². The van der Waals surface area contributed by atoms with E-state index < -0.39 is 54.5 Å². The molecule has 1 aliphatic heterocycles. The molecule has 1 N–H and O–H groups in total. The Labute approximate surface area is 170 Å². The molecule has 1 atom stereocenters. The van der Waals surface area contributed by atoms with Crippen LogP contribution in [0.1, 0.15) is 34.5 Å². The minimum atomic E-state index is -0.938. The van der Waals surface area contributed by atoms with Gasteiger partial charge in [0.1, 0.15) is 18.2 Å². The highest BCUT2D eigenvalue weighted by atomic mass is 19.1. The van der Waals surface area contributed by atoms with Gasteiger partial charge in [0.2, 0.25) is 5.91 Å². The SMILES string of the molecule is C[C@H](NC(=O)COC(=O)CN1C(=O)Cc2ccccc2C1=O)c1ccc(F)cc1F. The molecule has 9 heteroatoms. The molecule has 30 heavy (non-hydrogen) atoms. The predicted octanol–water partition coefficient (Wildman–Crippen LogP) is 1.91. The number of carbonyl (C=O) groups excluding carboxylic acids is 4. The molecule has 0 unspecified atom stereocenters. The number of amides is 3. The van der Waals surface area contributed by atoms with E-state index in [1.165, 1.54) is 13.0 Å². The number of fused-ring (bicyclic) bond motifs is 1. The van der Waals surface area contributed by atoms with Gasteiger partial charge >= 0.3 is 5.97 Å². The van der Waals surface area contributed by atoms with Gasteiger partial charge in [0, 0.05) is 17.2 Å². The van der Waals surface area contributed by atoms with Crippen molar-refractivity contribution in [2.75, 3.05) is 13.2 Å². The Kier molecular flexibility index (Phi) is 6.20. The topological polar surface area (TPSA) is 92.8 Å². The van der Waals surface area contributed by atoms with Crippen molar-refractivity contribution in [3.63, 3.8) is 0 Å². The van der Waals surface area contributed by atoms with E-state index >= 15 is 0 Å². The molecule has 3 amide bonds. The number of hydrogen-bond donors (Lipinski definition) is 1. The number of ether oxygens (including phenoxy) is 1. The first-order valence-electron chi connectivity index (χ1n) is 9.08. The summed E-state index contributed by atoms with van der Waals surface area (Å²) >= 11 is 0. The third kappa shape index (κ3) is 4.68. The number of halogens is 2. The summed E-state index contributed by atoms with van der Waals surface area (Å²) in [5.74, 6) is -4.37. The second kappa shape index (κ2) is 8.81. The van der Waals surface area contributed by atoms with Crippen molar-refractivity contribution >= 4 is 23.7 Å². The largest absolute Gasteiger partial charge is 0.454 e. The second-order valence-corrected chi connectivity index (χ2v) is 6.73. The van der Waals surface area contributed by atoms with E-state index in [9.17, 15) is 28.0 Å². The van der Waals surface area contributed by atoms with Gasteiger partial charge in [-0.15, -0.1) is 0 Å². The monoisotopic (exact) mass is 416 g/mol. The summed E-state index contributed by atoms with van der Waals surface area (Å²) in [6.07, 6.45) is -0.0174. The fourth-order valence-corrected chi connectivity index (χ4v) is 3.09. The van der Waals surface area contributed by atoms with E-state index in [1.54, 1.807) is 24.3 Å². The molecule has 2 aromatic rings. The fourth-order valence-electron chi connectivity index (χ4n) is 3.09. The van der Waals surface area contributed by atoms with E-state index in [0.29, 0.717) is 17.2 Å². The lowest BCUT2D eigenvalue weighted by molar-refractivity contribution is -0.151. The van der Waals surface area contributed by atoms with Crippen molar-refractivity contribution in [2.24, 2.45) is 0 Å². The first-order valence-corrected chi connectivity index (χ1v) is 9.08. The Bertz CT molecular complexity index is 1020. The zero-order chi connectivity index (χ0) is 21.8. The minimum absolute atomic E-state index is 0.0174. The number of nitrogens with zero attached hydrogens (tertiary/aromatic N) is 1. The van der Waals surface area contributed by atoms with E-state index in [4.69, 9.17) is 4.74 Å². The normalized spacial score (nSPS) is 14.2. The van der Waals surface area contributed by atoms with Crippen molar-refractivity contribution in [3.05, 3.63) is 70.8 Å². The van der Waals surface area contributed by atoms with Crippen LogP contribution in [0.15, 0.2) is 42.5 Å². The Hall–Kier alpha value is -3.62.